The summed E-state index contributed by atoms with van der Waals surface area (Å²) in [5.41, 5.74) is 0.792. The molecule has 1 heterocycles. The zero-order valence-electron chi connectivity index (χ0n) is 9.84. The minimum Gasteiger partial charge on any atom is -0.301 e. The first kappa shape index (κ1) is 12.8. The van der Waals surface area contributed by atoms with Crippen molar-refractivity contribution in [3.63, 3.8) is 0 Å². The van der Waals surface area contributed by atoms with Gasteiger partial charge < -0.3 is 3.07 Å². The van der Waals surface area contributed by atoms with E-state index in [-0.39, 0.29) is 5.41 Å². The van der Waals surface area contributed by atoms with E-state index in [1.807, 2.05) is 49.2 Å². The summed E-state index contributed by atoms with van der Waals surface area (Å²) in [4.78, 5) is 8.69. The monoisotopic (exact) mass is 320 g/mol. The molecule has 0 atom stereocenters. The van der Waals surface area contributed by atoms with Gasteiger partial charge in [-0.05, 0) is 24.8 Å². The molecule has 0 aliphatic carbocycles. The van der Waals surface area contributed by atoms with Crippen molar-refractivity contribution in [2.24, 2.45) is 0 Å². The highest BCUT2D eigenvalue weighted by molar-refractivity contribution is 14.1. The van der Waals surface area contributed by atoms with Crippen LogP contribution in [0, 0.1) is 0 Å². The maximum Gasteiger partial charge on any atom is 0.160 e. The summed E-state index contributed by atoms with van der Waals surface area (Å²) < 4.78 is 5.29. The SMILES string of the molecule is CC(C)(C)c1cnc(C(C)(C)OI)nc1. The van der Waals surface area contributed by atoms with Crippen LogP contribution in [-0.2, 0) is 14.1 Å². The Hall–Kier alpha value is -0.230. The summed E-state index contributed by atoms with van der Waals surface area (Å²) in [5.74, 6) is 0.713. The molecule has 0 saturated carbocycles. The van der Waals surface area contributed by atoms with Crippen LogP contribution in [0.1, 0.15) is 46.0 Å². The van der Waals surface area contributed by atoms with Gasteiger partial charge in [-0.15, -0.1) is 0 Å². The highest BCUT2D eigenvalue weighted by Crippen LogP contribution is 2.25. The fourth-order valence-corrected chi connectivity index (χ4v) is 1.26. The van der Waals surface area contributed by atoms with Gasteiger partial charge in [-0.3, -0.25) is 0 Å². The van der Waals surface area contributed by atoms with E-state index in [0.29, 0.717) is 5.82 Å². The molecule has 1 rings (SSSR count). The molecule has 0 unspecified atom stereocenters. The van der Waals surface area contributed by atoms with Gasteiger partial charge in [0, 0.05) is 12.4 Å². The molecule has 0 saturated heterocycles. The Balaban J connectivity index is 3.01. The van der Waals surface area contributed by atoms with Crippen LogP contribution in [-0.4, -0.2) is 9.97 Å². The van der Waals surface area contributed by atoms with Gasteiger partial charge in [-0.2, -0.15) is 0 Å². The molecule has 0 radical (unpaired) electrons. The van der Waals surface area contributed by atoms with E-state index in [1.165, 1.54) is 0 Å². The second-order valence-electron chi connectivity index (χ2n) is 5.13. The molecule has 0 aliphatic heterocycles. The summed E-state index contributed by atoms with van der Waals surface area (Å²) in [6.45, 7) is 10.3. The Kier molecular flexibility index (Phi) is 3.71. The molecule has 0 amide bonds. The van der Waals surface area contributed by atoms with Crippen LogP contribution >= 0.6 is 23.0 Å². The van der Waals surface area contributed by atoms with Crippen molar-refractivity contribution < 1.29 is 3.07 Å². The fraction of sp³-hybridized carbons (Fsp3) is 0.636. The van der Waals surface area contributed by atoms with Gasteiger partial charge in [0.15, 0.2) is 5.82 Å². The predicted octanol–water partition coefficient (Wildman–Crippen LogP) is 3.38. The van der Waals surface area contributed by atoms with E-state index in [9.17, 15) is 0 Å². The average Bonchev–Trinajstić information content (AvgIpc) is 2.17. The first-order chi connectivity index (χ1) is 6.77. The van der Waals surface area contributed by atoms with Crippen LogP contribution in [0.15, 0.2) is 12.4 Å². The maximum atomic E-state index is 5.29. The molecule has 1 aromatic rings. The van der Waals surface area contributed by atoms with E-state index in [2.05, 4.69) is 30.7 Å². The van der Waals surface area contributed by atoms with Gasteiger partial charge >= 0.3 is 0 Å². The molecule has 0 aliphatic rings. The smallest absolute Gasteiger partial charge is 0.160 e. The molecule has 0 aromatic carbocycles. The summed E-state index contributed by atoms with van der Waals surface area (Å²) in [6.07, 6.45) is 3.75. The standard InChI is InChI=1S/C11H17IN2O/c1-10(2,3)8-6-13-9(14-7-8)11(4,5)15-12/h6-7H,1-5H3. The molecule has 0 spiro atoms. The third-order valence-electron chi connectivity index (χ3n) is 2.25. The van der Waals surface area contributed by atoms with Crippen LogP contribution in [0.4, 0.5) is 0 Å². The highest BCUT2D eigenvalue weighted by atomic mass is 127. The van der Waals surface area contributed by atoms with Crippen LogP contribution in [0.25, 0.3) is 0 Å². The largest absolute Gasteiger partial charge is 0.301 e. The molecule has 0 bridgehead atoms. The lowest BCUT2D eigenvalue weighted by Crippen LogP contribution is -2.22. The van der Waals surface area contributed by atoms with Crippen molar-refractivity contribution in [2.45, 2.75) is 45.6 Å². The van der Waals surface area contributed by atoms with E-state index >= 15 is 0 Å². The zero-order valence-corrected chi connectivity index (χ0v) is 12.0. The first-order valence-corrected chi connectivity index (χ1v) is 5.78. The van der Waals surface area contributed by atoms with Crippen molar-refractivity contribution in [2.75, 3.05) is 0 Å². The van der Waals surface area contributed by atoms with Crippen LogP contribution in [0.3, 0.4) is 0 Å². The number of nitrogens with zero attached hydrogens (tertiary/aromatic N) is 2. The molecule has 3 nitrogen and oxygen atoms in total. The Bertz CT molecular complexity index is 327. The molecular weight excluding hydrogens is 303 g/mol. The topological polar surface area (TPSA) is 35.0 Å². The molecule has 84 valence electrons. The van der Waals surface area contributed by atoms with E-state index in [4.69, 9.17) is 3.07 Å². The minimum absolute atomic E-state index is 0.0911. The summed E-state index contributed by atoms with van der Waals surface area (Å²) >= 11 is 1.88. The fourth-order valence-electron chi connectivity index (χ4n) is 1.06. The minimum atomic E-state index is -0.434. The molecule has 0 N–H and O–H groups in total. The lowest BCUT2D eigenvalue weighted by molar-refractivity contribution is 0.163. The van der Waals surface area contributed by atoms with Crippen LogP contribution in [0.5, 0.6) is 0 Å². The summed E-state index contributed by atoms with van der Waals surface area (Å²) in [7, 11) is 0. The number of aromatic nitrogens is 2. The number of halogens is 1. The maximum absolute atomic E-state index is 5.29. The number of rotatable bonds is 2. The molecule has 4 heteroatoms. The molecule has 0 fully saturated rings. The highest BCUT2D eigenvalue weighted by Gasteiger charge is 2.25. The third kappa shape index (κ3) is 3.11. The Morgan fingerprint density at radius 1 is 1.07 bits per heavy atom. The quantitative estimate of drug-likeness (QED) is 0.784. The van der Waals surface area contributed by atoms with Gasteiger partial charge in [0.25, 0.3) is 0 Å². The van der Waals surface area contributed by atoms with Crippen LogP contribution in [0.2, 0.25) is 0 Å². The van der Waals surface area contributed by atoms with Crippen molar-refractivity contribution in [3.05, 3.63) is 23.8 Å². The molecule has 1 aromatic heterocycles. The lowest BCUT2D eigenvalue weighted by Gasteiger charge is -2.22. The molecule has 15 heavy (non-hydrogen) atoms. The second kappa shape index (κ2) is 4.33. The van der Waals surface area contributed by atoms with E-state index in [0.717, 1.165) is 5.56 Å². The average molecular weight is 320 g/mol. The third-order valence-corrected chi connectivity index (χ3v) is 3.35. The van der Waals surface area contributed by atoms with Gasteiger partial charge in [-0.25, -0.2) is 9.97 Å². The van der Waals surface area contributed by atoms with Crippen molar-refractivity contribution in [3.8, 4) is 0 Å². The summed E-state index contributed by atoms with van der Waals surface area (Å²) in [6, 6.07) is 0. The number of hydrogen-bond donors (Lipinski definition) is 0. The first-order valence-electron chi connectivity index (χ1n) is 4.90. The van der Waals surface area contributed by atoms with Gasteiger partial charge in [0.05, 0.1) is 0 Å². The van der Waals surface area contributed by atoms with Crippen molar-refractivity contribution in [1.82, 2.24) is 9.97 Å². The van der Waals surface area contributed by atoms with Gasteiger partial charge in [0.1, 0.15) is 28.6 Å². The van der Waals surface area contributed by atoms with Gasteiger partial charge in [-0.1, -0.05) is 20.8 Å². The Labute approximate surface area is 105 Å². The van der Waals surface area contributed by atoms with E-state index < -0.39 is 5.60 Å². The second-order valence-corrected chi connectivity index (χ2v) is 5.57. The van der Waals surface area contributed by atoms with Gasteiger partial charge in [0.2, 0.25) is 0 Å². The number of hydrogen-bond acceptors (Lipinski definition) is 3. The Morgan fingerprint density at radius 3 is 1.87 bits per heavy atom. The normalized spacial score (nSPS) is 12.9. The van der Waals surface area contributed by atoms with Crippen molar-refractivity contribution in [1.29, 1.82) is 0 Å². The molecular formula is C11H17IN2O. The van der Waals surface area contributed by atoms with Crippen molar-refractivity contribution >= 4 is 23.0 Å². The lowest BCUT2D eigenvalue weighted by atomic mass is 9.89. The summed E-state index contributed by atoms with van der Waals surface area (Å²) in [5, 5.41) is 0. The predicted molar refractivity (Wildman–Crippen MR) is 68.9 cm³/mol. The zero-order chi connectivity index (χ0) is 11.7. The van der Waals surface area contributed by atoms with Crippen LogP contribution < -0.4 is 0 Å². The van der Waals surface area contributed by atoms with E-state index in [1.54, 1.807) is 0 Å². The Morgan fingerprint density at radius 2 is 1.53 bits per heavy atom.